The molecule has 0 saturated heterocycles. The summed E-state index contributed by atoms with van der Waals surface area (Å²) in [7, 11) is 0. The molecule has 0 saturated carbocycles. The highest BCUT2D eigenvalue weighted by Crippen LogP contribution is 2.19. The minimum Gasteiger partial charge on any atom is -0.390 e. The Labute approximate surface area is 139 Å². The molecule has 0 spiro atoms. The van der Waals surface area contributed by atoms with Gasteiger partial charge in [0.05, 0.1) is 18.0 Å². The lowest BCUT2D eigenvalue weighted by molar-refractivity contribution is 0.114. The SMILES string of the molecule is O=c1[nH]ncc(NCC(O)CN2CCc3ccccc3C2)c1Cl. The van der Waals surface area contributed by atoms with Gasteiger partial charge in [-0.15, -0.1) is 0 Å². The first-order valence-corrected chi connectivity index (χ1v) is 7.95. The minimum atomic E-state index is -0.560. The number of nitrogens with one attached hydrogen (secondary N) is 2. The molecule has 0 amide bonds. The Morgan fingerprint density at radius 1 is 1.39 bits per heavy atom. The molecule has 6 nitrogen and oxygen atoms in total. The van der Waals surface area contributed by atoms with Crippen molar-refractivity contribution >= 4 is 17.3 Å². The molecular formula is C16H19ClN4O2. The van der Waals surface area contributed by atoms with E-state index in [0.29, 0.717) is 18.8 Å². The largest absolute Gasteiger partial charge is 0.390 e. The normalized spacial score (nSPS) is 15.9. The first-order valence-electron chi connectivity index (χ1n) is 7.57. The number of nitrogens with zero attached hydrogens (tertiary/aromatic N) is 2. The molecule has 0 aliphatic carbocycles. The smallest absolute Gasteiger partial charge is 0.285 e. The zero-order valence-electron chi connectivity index (χ0n) is 12.6. The van der Waals surface area contributed by atoms with Crippen LogP contribution in [0.2, 0.25) is 5.02 Å². The third-order valence-electron chi connectivity index (χ3n) is 4.00. The van der Waals surface area contributed by atoms with Gasteiger partial charge >= 0.3 is 0 Å². The molecule has 1 aliphatic heterocycles. The molecule has 2 heterocycles. The highest BCUT2D eigenvalue weighted by molar-refractivity contribution is 6.32. The maximum atomic E-state index is 11.4. The van der Waals surface area contributed by atoms with Gasteiger partial charge in [0.2, 0.25) is 0 Å². The van der Waals surface area contributed by atoms with Gasteiger partial charge in [0.25, 0.3) is 5.56 Å². The van der Waals surface area contributed by atoms with E-state index in [4.69, 9.17) is 11.6 Å². The summed E-state index contributed by atoms with van der Waals surface area (Å²) in [5.41, 5.74) is 2.69. The third-order valence-corrected chi connectivity index (χ3v) is 4.38. The lowest BCUT2D eigenvalue weighted by Crippen LogP contribution is -2.39. The van der Waals surface area contributed by atoms with Crippen LogP contribution in [0.25, 0.3) is 0 Å². The number of fused-ring (bicyclic) bond motifs is 1. The monoisotopic (exact) mass is 334 g/mol. The fourth-order valence-electron chi connectivity index (χ4n) is 2.81. The van der Waals surface area contributed by atoms with Crippen LogP contribution in [0.3, 0.4) is 0 Å². The van der Waals surface area contributed by atoms with E-state index in [9.17, 15) is 9.90 Å². The summed E-state index contributed by atoms with van der Waals surface area (Å²) in [5.74, 6) is 0. The Bertz CT molecular complexity index is 734. The van der Waals surface area contributed by atoms with Crippen LogP contribution in [0.1, 0.15) is 11.1 Å². The Balaban J connectivity index is 1.53. The molecule has 1 aliphatic rings. The standard InChI is InChI=1S/C16H19ClN4O2/c17-15-14(8-19-20-16(15)23)18-7-13(22)10-21-6-5-11-3-1-2-4-12(11)9-21/h1-4,8,13,22H,5-7,9-10H2,(H2,18,20,23). The lowest BCUT2D eigenvalue weighted by atomic mass is 10.00. The van der Waals surface area contributed by atoms with Crippen molar-refractivity contribution in [2.75, 3.05) is 25.0 Å². The Hall–Kier alpha value is -1.89. The zero-order valence-corrected chi connectivity index (χ0v) is 13.4. The van der Waals surface area contributed by atoms with Gasteiger partial charge in [-0.25, -0.2) is 5.10 Å². The molecule has 7 heteroatoms. The third kappa shape index (κ3) is 3.90. The van der Waals surface area contributed by atoms with Crippen LogP contribution < -0.4 is 10.9 Å². The highest BCUT2D eigenvalue weighted by Gasteiger charge is 2.18. The molecule has 1 unspecified atom stereocenters. The van der Waals surface area contributed by atoms with E-state index in [-0.39, 0.29) is 5.02 Å². The fraction of sp³-hybridized carbons (Fsp3) is 0.375. The van der Waals surface area contributed by atoms with E-state index in [1.807, 2.05) is 6.07 Å². The fourth-order valence-corrected chi connectivity index (χ4v) is 2.96. The number of rotatable bonds is 5. The zero-order chi connectivity index (χ0) is 16.2. The van der Waals surface area contributed by atoms with Gasteiger partial charge in [-0.05, 0) is 17.5 Å². The van der Waals surface area contributed by atoms with Gasteiger partial charge in [-0.3, -0.25) is 9.69 Å². The van der Waals surface area contributed by atoms with Gasteiger partial charge in [0.1, 0.15) is 5.02 Å². The molecule has 0 fully saturated rings. The Morgan fingerprint density at radius 2 is 2.17 bits per heavy atom. The number of aliphatic hydroxyl groups excluding tert-OH is 1. The topological polar surface area (TPSA) is 81.2 Å². The molecule has 3 rings (SSSR count). The van der Waals surface area contributed by atoms with Crippen molar-refractivity contribution in [3.63, 3.8) is 0 Å². The van der Waals surface area contributed by atoms with Crippen molar-refractivity contribution in [1.82, 2.24) is 15.1 Å². The van der Waals surface area contributed by atoms with Crippen molar-refractivity contribution in [3.05, 3.63) is 57.0 Å². The van der Waals surface area contributed by atoms with Crippen molar-refractivity contribution in [1.29, 1.82) is 0 Å². The molecular weight excluding hydrogens is 316 g/mol. The Morgan fingerprint density at radius 3 is 3.00 bits per heavy atom. The maximum Gasteiger partial charge on any atom is 0.285 e. The molecule has 3 N–H and O–H groups in total. The van der Waals surface area contributed by atoms with Gasteiger partial charge in [0, 0.05) is 26.2 Å². The van der Waals surface area contributed by atoms with Crippen molar-refractivity contribution in [2.24, 2.45) is 0 Å². The molecule has 0 radical (unpaired) electrons. The van der Waals surface area contributed by atoms with Crippen molar-refractivity contribution in [2.45, 2.75) is 19.1 Å². The molecule has 0 bridgehead atoms. The van der Waals surface area contributed by atoms with Gasteiger partial charge in [-0.1, -0.05) is 35.9 Å². The first kappa shape index (κ1) is 16.0. The number of hydrogen-bond acceptors (Lipinski definition) is 5. The van der Waals surface area contributed by atoms with Crippen LogP contribution >= 0.6 is 11.6 Å². The number of H-pyrrole nitrogens is 1. The summed E-state index contributed by atoms with van der Waals surface area (Å²) in [6, 6.07) is 8.40. The summed E-state index contributed by atoms with van der Waals surface area (Å²) in [6.07, 6.45) is 1.88. The minimum absolute atomic E-state index is 0.0547. The van der Waals surface area contributed by atoms with E-state index in [2.05, 4.69) is 38.6 Å². The predicted molar refractivity (Wildman–Crippen MR) is 89.8 cm³/mol. The molecule has 2 aromatic rings. The number of aliphatic hydroxyl groups is 1. The molecule has 23 heavy (non-hydrogen) atoms. The van der Waals surface area contributed by atoms with Gasteiger partial charge in [-0.2, -0.15) is 5.10 Å². The number of halogens is 1. The van der Waals surface area contributed by atoms with Crippen LogP contribution in [0.5, 0.6) is 0 Å². The maximum absolute atomic E-state index is 11.4. The number of benzene rings is 1. The van der Waals surface area contributed by atoms with E-state index < -0.39 is 11.7 Å². The second kappa shape index (κ2) is 7.12. The van der Waals surface area contributed by atoms with Crippen LogP contribution in [0, 0.1) is 0 Å². The number of hydrogen-bond donors (Lipinski definition) is 3. The highest BCUT2D eigenvalue weighted by atomic mass is 35.5. The van der Waals surface area contributed by atoms with Crippen LogP contribution in [-0.2, 0) is 13.0 Å². The van der Waals surface area contributed by atoms with E-state index >= 15 is 0 Å². The molecule has 1 aromatic carbocycles. The van der Waals surface area contributed by atoms with Crippen molar-refractivity contribution < 1.29 is 5.11 Å². The molecule has 122 valence electrons. The van der Waals surface area contributed by atoms with Gasteiger partial charge in [0.15, 0.2) is 0 Å². The summed E-state index contributed by atoms with van der Waals surface area (Å²) in [6.45, 7) is 2.65. The van der Waals surface area contributed by atoms with Crippen LogP contribution in [0.15, 0.2) is 35.3 Å². The summed E-state index contributed by atoms with van der Waals surface area (Å²) in [5, 5.41) is 19.2. The average Bonchev–Trinajstić information content (AvgIpc) is 2.56. The number of β-amino-alcohol motifs (C(OH)–C–C–N with tert-alkyl or cyclic N) is 1. The second-order valence-electron chi connectivity index (χ2n) is 5.72. The van der Waals surface area contributed by atoms with E-state index in [1.54, 1.807) is 0 Å². The Kier molecular flexibility index (Phi) is 4.95. The number of aromatic amines is 1. The number of anilines is 1. The van der Waals surface area contributed by atoms with E-state index in [0.717, 1.165) is 19.5 Å². The first-order chi connectivity index (χ1) is 11.1. The quantitative estimate of drug-likeness (QED) is 0.767. The van der Waals surface area contributed by atoms with Crippen LogP contribution in [0.4, 0.5) is 5.69 Å². The van der Waals surface area contributed by atoms with Crippen LogP contribution in [-0.4, -0.2) is 45.9 Å². The second-order valence-corrected chi connectivity index (χ2v) is 6.09. The van der Waals surface area contributed by atoms with Gasteiger partial charge < -0.3 is 10.4 Å². The summed E-state index contributed by atoms with van der Waals surface area (Å²) < 4.78 is 0. The van der Waals surface area contributed by atoms with E-state index in [1.165, 1.54) is 17.3 Å². The summed E-state index contributed by atoms with van der Waals surface area (Å²) >= 11 is 5.89. The summed E-state index contributed by atoms with van der Waals surface area (Å²) in [4.78, 5) is 13.6. The molecule has 1 aromatic heterocycles. The molecule has 1 atom stereocenters. The predicted octanol–water partition coefficient (Wildman–Crippen LogP) is 1.25. The number of aromatic nitrogens is 2. The van der Waals surface area contributed by atoms with Crippen molar-refractivity contribution in [3.8, 4) is 0 Å². The average molecular weight is 335 g/mol. The lowest BCUT2D eigenvalue weighted by Gasteiger charge is -2.30.